The molecule has 170 valence electrons. The number of aromatic nitrogens is 3. The van der Waals surface area contributed by atoms with E-state index in [2.05, 4.69) is 84.5 Å². The van der Waals surface area contributed by atoms with Crippen molar-refractivity contribution in [3.63, 3.8) is 0 Å². The average Bonchev–Trinajstić information content (AvgIpc) is 3.23. The third-order valence-corrected chi connectivity index (χ3v) is 7.82. The molecule has 0 atom stereocenters. The van der Waals surface area contributed by atoms with E-state index in [0.29, 0.717) is 12.0 Å². The van der Waals surface area contributed by atoms with Crippen molar-refractivity contribution in [2.75, 3.05) is 49.6 Å². The normalized spacial score (nSPS) is 17.0. The first-order chi connectivity index (χ1) is 16.3. The van der Waals surface area contributed by atoms with E-state index in [9.17, 15) is 0 Å². The van der Waals surface area contributed by atoms with Gasteiger partial charge < -0.3 is 15.0 Å². The minimum atomic E-state index is 0.612. The monoisotopic (exact) mass is 450 g/mol. The van der Waals surface area contributed by atoms with Crippen LogP contribution in [0.5, 0.6) is 0 Å². The summed E-state index contributed by atoms with van der Waals surface area (Å²) in [7, 11) is 10.9. The van der Waals surface area contributed by atoms with Gasteiger partial charge in [0.05, 0.1) is 24.9 Å². The van der Waals surface area contributed by atoms with Gasteiger partial charge in [-0.05, 0) is 30.7 Å². The Morgan fingerprint density at radius 2 is 1.53 bits per heavy atom. The fourth-order valence-corrected chi connectivity index (χ4v) is 5.18. The molecule has 7 nitrogen and oxygen atoms in total. The van der Waals surface area contributed by atoms with E-state index < -0.39 is 0 Å². The average molecular weight is 450 g/mol. The molecule has 5 rings (SSSR count). The summed E-state index contributed by atoms with van der Waals surface area (Å²) in [5, 5.41) is 8.23. The molecule has 0 aliphatic carbocycles. The van der Waals surface area contributed by atoms with Crippen LogP contribution in [0.2, 0.25) is 0 Å². The largest absolute Gasteiger partial charge is 0.378 e. The Hall–Kier alpha value is -2.58. The molecular weight excluding hydrogens is 418 g/mol. The van der Waals surface area contributed by atoms with E-state index in [-0.39, 0.29) is 0 Å². The standard InChI is InChI=1S/C22H31B5N6O/c1-12-6-13(8-14(7-12)31-2-4-32(5-3-31)15-9-34-10-15)29-22-28-11-33(30-22)21-19(26)17(24)16(23)18(25)20(21)27/h6-8,11,15H,2-5,9-10,23-27H2,1H3,(H,29,30). The molecule has 3 heterocycles. The lowest BCUT2D eigenvalue weighted by molar-refractivity contribution is -0.0660. The molecule has 2 aliphatic heterocycles. The van der Waals surface area contributed by atoms with Gasteiger partial charge in [0.2, 0.25) is 5.95 Å². The predicted octanol–water partition coefficient (Wildman–Crippen LogP) is -5.87. The van der Waals surface area contributed by atoms with Gasteiger partial charge in [-0.3, -0.25) is 4.90 Å². The molecule has 0 spiro atoms. The van der Waals surface area contributed by atoms with Crippen LogP contribution in [0.3, 0.4) is 0 Å². The number of nitrogens with zero attached hydrogens (tertiary/aromatic N) is 5. The number of hydrogen-bond donors (Lipinski definition) is 1. The maximum Gasteiger partial charge on any atom is 0.246 e. The first-order valence-electron chi connectivity index (χ1n) is 12.3. The van der Waals surface area contributed by atoms with Crippen molar-refractivity contribution in [1.82, 2.24) is 19.7 Å². The highest BCUT2D eigenvalue weighted by Crippen LogP contribution is 2.26. The second kappa shape index (κ2) is 9.23. The number of nitrogens with one attached hydrogen (secondary N) is 1. The van der Waals surface area contributed by atoms with Gasteiger partial charge in [-0.1, -0.05) is 21.9 Å². The Balaban J connectivity index is 1.34. The second-order valence-corrected chi connectivity index (χ2v) is 9.88. The Morgan fingerprint density at radius 1 is 0.882 bits per heavy atom. The number of ether oxygens (including phenoxy) is 1. The van der Waals surface area contributed by atoms with Crippen molar-refractivity contribution in [1.29, 1.82) is 0 Å². The van der Waals surface area contributed by atoms with Gasteiger partial charge in [-0.15, -0.1) is 10.6 Å². The van der Waals surface area contributed by atoms with Crippen molar-refractivity contribution in [2.24, 2.45) is 0 Å². The molecule has 34 heavy (non-hydrogen) atoms. The Kier molecular flexibility index (Phi) is 6.29. The predicted molar refractivity (Wildman–Crippen MR) is 155 cm³/mol. The molecule has 1 aromatic heterocycles. The zero-order valence-corrected chi connectivity index (χ0v) is 21.3. The maximum atomic E-state index is 5.37. The lowest BCUT2D eigenvalue weighted by atomic mass is 9.62. The topological polar surface area (TPSA) is 58.5 Å². The van der Waals surface area contributed by atoms with Gasteiger partial charge in [-0.2, -0.15) is 4.98 Å². The molecular formula is C22H31B5N6O. The molecule has 0 saturated carbocycles. The van der Waals surface area contributed by atoms with Gasteiger partial charge in [-0.25, -0.2) is 4.68 Å². The fraction of sp³-hybridized carbons (Fsp3) is 0.364. The summed E-state index contributed by atoms with van der Waals surface area (Å²) in [6, 6.07) is 7.26. The number of piperazine rings is 1. The van der Waals surface area contributed by atoms with Gasteiger partial charge in [0.1, 0.15) is 45.6 Å². The summed E-state index contributed by atoms with van der Waals surface area (Å²) in [5.74, 6) is 0.612. The lowest BCUT2D eigenvalue weighted by Crippen LogP contribution is -2.56. The lowest BCUT2D eigenvalue weighted by Gasteiger charge is -2.43. The third-order valence-electron chi connectivity index (χ3n) is 7.82. The summed E-state index contributed by atoms with van der Waals surface area (Å²) in [5.41, 5.74) is 11.1. The highest BCUT2D eigenvalue weighted by atomic mass is 16.5. The van der Waals surface area contributed by atoms with E-state index >= 15 is 0 Å². The van der Waals surface area contributed by atoms with E-state index in [1.54, 1.807) is 0 Å². The molecule has 0 radical (unpaired) electrons. The molecule has 0 amide bonds. The number of aryl methyl sites for hydroxylation is 1. The maximum absolute atomic E-state index is 5.37. The van der Waals surface area contributed by atoms with Crippen LogP contribution >= 0.6 is 0 Å². The SMILES string of the molecule is Bc1c(B)c(B)c(-n2cnc(Nc3cc(C)cc(N4CCN(C5COC5)CC4)c3)n2)c(B)c1B. The van der Waals surface area contributed by atoms with E-state index in [4.69, 9.17) is 9.84 Å². The van der Waals surface area contributed by atoms with Gasteiger partial charge in [0.15, 0.2) is 0 Å². The van der Waals surface area contributed by atoms with Gasteiger partial charge in [0, 0.05) is 37.6 Å². The van der Waals surface area contributed by atoms with Crippen molar-refractivity contribution in [3.05, 3.63) is 30.1 Å². The first kappa shape index (κ1) is 23.2. The molecule has 0 bridgehead atoms. The van der Waals surface area contributed by atoms with Crippen molar-refractivity contribution in [2.45, 2.75) is 13.0 Å². The Labute approximate surface area is 206 Å². The van der Waals surface area contributed by atoms with Crippen molar-refractivity contribution < 1.29 is 4.74 Å². The van der Waals surface area contributed by atoms with E-state index in [1.165, 1.54) is 38.6 Å². The first-order valence-corrected chi connectivity index (χ1v) is 12.3. The Bertz CT molecular complexity index is 1190. The number of hydrogen-bond acceptors (Lipinski definition) is 6. The van der Waals surface area contributed by atoms with Crippen LogP contribution in [0.4, 0.5) is 17.3 Å². The number of benzene rings is 2. The van der Waals surface area contributed by atoms with Crippen LogP contribution in [0.1, 0.15) is 5.56 Å². The second-order valence-electron chi connectivity index (χ2n) is 9.88. The van der Waals surface area contributed by atoms with Crippen LogP contribution < -0.4 is 37.5 Å². The number of anilines is 3. The Morgan fingerprint density at radius 3 is 2.15 bits per heavy atom. The van der Waals surface area contributed by atoms with Crippen LogP contribution in [-0.2, 0) is 4.74 Å². The van der Waals surface area contributed by atoms with Gasteiger partial charge >= 0.3 is 0 Å². The highest BCUT2D eigenvalue weighted by Gasteiger charge is 2.29. The summed E-state index contributed by atoms with van der Waals surface area (Å²) in [6.45, 7) is 8.18. The highest BCUT2D eigenvalue weighted by molar-refractivity contribution is 6.68. The van der Waals surface area contributed by atoms with Crippen LogP contribution in [0, 0.1) is 6.92 Å². The zero-order valence-electron chi connectivity index (χ0n) is 21.3. The summed E-state index contributed by atoms with van der Waals surface area (Å²) < 4.78 is 7.28. The summed E-state index contributed by atoms with van der Waals surface area (Å²) in [4.78, 5) is 9.61. The molecule has 2 saturated heterocycles. The zero-order chi connectivity index (χ0) is 24.0. The summed E-state index contributed by atoms with van der Waals surface area (Å²) >= 11 is 0. The summed E-state index contributed by atoms with van der Waals surface area (Å²) in [6.07, 6.45) is 1.81. The molecule has 1 N–H and O–H groups in total. The van der Waals surface area contributed by atoms with E-state index in [0.717, 1.165) is 50.8 Å². The van der Waals surface area contributed by atoms with Crippen LogP contribution in [0.15, 0.2) is 24.5 Å². The van der Waals surface area contributed by atoms with Crippen molar-refractivity contribution >= 4 is 83.9 Å². The molecule has 3 aromatic rings. The molecule has 2 aliphatic rings. The molecule has 2 aromatic carbocycles. The number of rotatable bonds is 5. The fourth-order valence-electron chi connectivity index (χ4n) is 5.18. The van der Waals surface area contributed by atoms with Crippen LogP contribution in [-0.4, -0.2) is 104 Å². The molecule has 0 unspecified atom stereocenters. The van der Waals surface area contributed by atoms with Gasteiger partial charge in [0.25, 0.3) is 0 Å². The molecule has 12 heteroatoms. The minimum absolute atomic E-state index is 0.612. The molecule has 2 fully saturated rings. The quantitative estimate of drug-likeness (QED) is 0.392. The smallest absolute Gasteiger partial charge is 0.246 e. The van der Waals surface area contributed by atoms with Crippen LogP contribution in [0.25, 0.3) is 5.69 Å². The van der Waals surface area contributed by atoms with E-state index in [1.807, 2.05) is 11.0 Å². The minimum Gasteiger partial charge on any atom is -0.378 e. The third kappa shape index (κ3) is 4.29. The van der Waals surface area contributed by atoms with Crippen molar-refractivity contribution in [3.8, 4) is 5.69 Å².